The number of fused-ring (bicyclic) bond motifs is 6. The maximum atomic E-state index is 12.4. The van der Waals surface area contributed by atoms with Crippen molar-refractivity contribution in [3.63, 3.8) is 0 Å². The number of hydrogen-bond acceptors (Lipinski definition) is 3. The zero-order valence-corrected chi connectivity index (χ0v) is 18.0. The molecule has 0 amide bonds. The second kappa shape index (κ2) is 5.59. The molecule has 4 nitrogen and oxygen atoms in total. The number of rotatable bonds is 1. The molecule has 4 aliphatic rings. The first-order chi connectivity index (χ1) is 13.1. The van der Waals surface area contributed by atoms with Gasteiger partial charge in [-0.1, -0.05) is 26.3 Å². The van der Waals surface area contributed by atoms with E-state index in [1.54, 1.807) is 12.5 Å². The number of carbonyl (C=O) groups is 1. The molecule has 7 atom stereocenters. The fourth-order valence-corrected chi connectivity index (χ4v) is 8.21. The summed E-state index contributed by atoms with van der Waals surface area (Å²) < 4.78 is 2.02. The summed E-state index contributed by atoms with van der Waals surface area (Å²) in [5.41, 5.74) is 3.06. The molecule has 3 saturated carbocycles. The van der Waals surface area contributed by atoms with Crippen molar-refractivity contribution in [1.29, 1.82) is 0 Å². The van der Waals surface area contributed by atoms with Gasteiger partial charge in [0.25, 0.3) is 0 Å². The van der Waals surface area contributed by atoms with Crippen LogP contribution in [0.1, 0.15) is 71.1 Å². The van der Waals surface area contributed by atoms with Gasteiger partial charge in [0.15, 0.2) is 5.78 Å². The maximum absolute atomic E-state index is 12.4. The van der Waals surface area contributed by atoms with Crippen LogP contribution in [0.5, 0.6) is 0 Å². The molecular weight excluding hydrogens is 348 g/mol. The summed E-state index contributed by atoms with van der Waals surface area (Å²) in [4.78, 5) is 12.4. The van der Waals surface area contributed by atoms with Crippen LogP contribution >= 0.6 is 0 Å². The minimum absolute atomic E-state index is 0.0238. The molecule has 3 fully saturated rings. The van der Waals surface area contributed by atoms with E-state index in [0.717, 1.165) is 25.7 Å². The lowest BCUT2D eigenvalue weighted by molar-refractivity contribution is -0.160. The van der Waals surface area contributed by atoms with Gasteiger partial charge in [-0.3, -0.25) is 9.48 Å². The minimum Gasteiger partial charge on any atom is -0.382 e. The Hall–Kier alpha value is -1.42. The van der Waals surface area contributed by atoms with Crippen molar-refractivity contribution in [2.45, 2.75) is 71.8 Å². The summed E-state index contributed by atoms with van der Waals surface area (Å²) in [6, 6.07) is 0. The SMILES string of the molecule is CC(=O)[C@@]1(O)CC[C@H]2[C@@H]3C[C@H](C)C4=Cc5c(cnn5C)C[C@]4(C)[C@H]3CC[C@@]21C. The molecule has 0 bridgehead atoms. The lowest BCUT2D eigenvalue weighted by Gasteiger charge is -2.60. The topological polar surface area (TPSA) is 55.1 Å². The van der Waals surface area contributed by atoms with Crippen molar-refractivity contribution in [2.24, 2.45) is 41.5 Å². The molecule has 1 N–H and O–H groups in total. The van der Waals surface area contributed by atoms with Gasteiger partial charge in [0.05, 0.1) is 11.9 Å². The van der Waals surface area contributed by atoms with Crippen LogP contribution in [0.3, 0.4) is 0 Å². The number of aromatic nitrogens is 2. The summed E-state index contributed by atoms with van der Waals surface area (Å²) >= 11 is 0. The molecule has 5 rings (SSSR count). The smallest absolute Gasteiger partial charge is 0.161 e. The Morgan fingerprint density at radius 1 is 1.25 bits per heavy atom. The normalized spacial score (nSPS) is 46.9. The predicted octanol–water partition coefficient (Wildman–Crippen LogP) is 4.17. The summed E-state index contributed by atoms with van der Waals surface area (Å²) in [7, 11) is 2.04. The van der Waals surface area contributed by atoms with E-state index in [2.05, 4.69) is 38.1 Å². The number of hydrogen-bond donors (Lipinski definition) is 1. The van der Waals surface area contributed by atoms with Crippen LogP contribution in [0.15, 0.2) is 11.8 Å². The quantitative estimate of drug-likeness (QED) is 0.793. The molecule has 152 valence electrons. The first kappa shape index (κ1) is 18.6. The fourth-order valence-electron chi connectivity index (χ4n) is 8.21. The third-order valence-electron chi connectivity index (χ3n) is 9.72. The van der Waals surface area contributed by atoms with Crippen LogP contribution < -0.4 is 0 Å². The Morgan fingerprint density at radius 3 is 2.68 bits per heavy atom. The lowest BCUT2D eigenvalue weighted by atomic mass is 9.44. The number of carbonyl (C=O) groups excluding carboxylic acids is 1. The molecule has 1 aromatic heterocycles. The van der Waals surface area contributed by atoms with Gasteiger partial charge in [0, 0.05) is 12.5 Å². The van der Waals surface area contributed by atoms with E-state index in [1.165, 1.54) is 17.7 Å². The van der Waals surface area contributed by atoms with Crippen LogP contribution in [-0.2, 0) is 18.3 Å². The van der Waals surface area contributed by atoms with Crippen molar-refractivity contribution >= 4 is 11.9 Å². The highest BCUT2D eigenvalue weighted by atomic mass is 16.3. The molecule has 0 spiro atoms. The molecule has 0 radical (unpaired) electrons. The first-order valence-electron chi connectivity index (χ1n) is 11.1. The van der Waals surface area contributed by atoms with E-state index in [4.69, 9.17) is 0 Å². The highest BCUT2D eigenvalue weighted by Crippen LogP contribution is 2.68. The fraction of sp³-hybridized carbons (Fsp3) is 0.750. The summed E-state index contributed by atoms with van der Waals surface area (Å²) in [5.74, 6) is 2.21. The summed E-state index contributed by atoms with van der Waals surface area (Å²) in [6.07, 6.45) is 10.5. The monoisotopic (exact) mass is 382 g/mol. The highest BCUT2D eigenvalue weighted by molar-refractivity contribution is 5.86. The second-order valence-corrected chi connectivity index (χ2v) is 10.8. The van der Waals surface area contributed by atoms with Gasteiger partial charge in [0.2, 0.25) is 0 Å². The van der Waals surface area contributed by atoms with Crippen molar-refractivity contribution in [3.8, 4) is 0 Å². The Kier molecular flexibility index (Phi) is 3.71. The van der Waals surface area contributed by atoms with Gasteiger partial charge >= 0.3 is 0 Å². The van der Waals surface area contributed by atoms with E-state index < -0.39 is 5.60 Å². The van der Waals surface area contributed by atoms with Crippen molar-refractivity contribution in [2.75, 3.05) is 0 Å². The van der Waals surface area contributed by atoms with Gasteiger partial charge in [-0.15, -0.1) is 0 Å². The number of aryl methyl sites for hydroxylation is 1. The van der Waals surface area contributed by atoms with Crippen molar-refractivity contribution in [1.82, 2.24) is 9.78 Å². The Morgan fingerprint density at radius 2 is 1.96 bits per heavy atom. The Labute approximate surface area is 168 Å². The molecule has 4 aliphatic carbocycles. The van der Waals surface area contributed by atoms with Gasteiger partial charge in [-0.2, -0.15) is 5.10 Å². The molecule has 0 unspecified atom stereocenters. The number of nitrogens with zero attached hydrogens (tertiary/aromatic N) is 2. The number of ketones is 1. The molecule has 4 heteroatoms. The van der Waals surface area contributed by atoms with Gasteiger partial charge in [-0.05, 0) is 86.2 Å². The molecule has 0 saturated heterocycles. The average molecular weight is 383 g/mol. The Bertz CT molecular complexity index is 885. The van der Waals surface area contributed by atoms with Crippen LogP contribution in [-0.4, -0.2) is 26.3 Å². The van der Waals surface area contributed by atoms with Gasteiger partial charge in [0.1, 0.15) is 5.60 Å². The van der Waals surface area contributed by atoms with E-state index in [0.29, 0.717) is 30.1 Å². The van der Waals surface area contributed by atoms with Crippen LogP contribution in [0.2, 0.25) is 0 Å². The molecule has 28 heavy (non-hydrogen) atoms. The predicted molar refractivity (Wildman–Crippen MR) is 109 cm³/mol. The van der Waals surface area contributed by atoms with Crippen LogP contribution in [0.25, 0.3) is 6.08 Å². The van der Waals surface area contributed by atoms with Gasteiger partial charge in [-0.25, -0.2) is 0 Å². The largest absolute Gasteiger partial charge is 0.382 e. The number of allylic oxidation sites excluding steroid dienone is 1. The Balaban J connectivity index is 1.56. The van der Waals surface area contributed by atoms with E-state index in [9.17, 15) is 9.90 Å². The minimum atomic E-state index is -1.12. The molecule has 1 heterocycles. The third kappa shape index (κ3) is 2.05. The van der Waals surface area contributed by atoms with E-state index >= 15 is 0 Å². The molecular formula is C24H34N2O2. The summed E-state index contributed by atoms with van der Waals surface area (Å²) in [5, 5.41) is 15.9. The van der Waals surface area contributed by atoms with Crippen molar-refractivity contribution in [3.05, 3.63) is 23.0 Å². The lowest BCUT2D eigenvalue weighted by Crippen LogP contribution is -2.58. The van der Waals surface area contributed by atoms with Crippen LogP contribution in [0, 0.1) is 34.5 Å². The first-order valence-corrected chi connectivity index (χ1v) is 11.1. The zero-order chi connectivity index (χ0) is 20.1. The summed E-state index contributed by atoms with van der Waals surface area (Å²) in [6.45, 7) is 8.67. The van der Waals surface area contributed by atoms with Crippen LogP contribution in [0.4, 0.5) is 0 Å². The van der Waals surface area contributed by atoms with Gasteiger partial charge < -0.3 is 5.11 Å². The molecule has 0 aliphatic heterocycles. The van der Waals surface area contributed by atoms with E-state index in [-0.39, 0.29) is 16.6 Å². The van der Waals surface area contributed by atoms with E-state index in [1.807, 2.05) is 11.7 Å². The molecule has 1 aromatic rings. The number of Topliss-reactive ketones (excluding diaryl/α,β-unsaturated/α-hetero) is 1. The highest BCUT2D eigenvalue weighted by Gasteiger charge is 2.66. The molecule has 0 aromatic carbocycles. The maximum Gasteiger partial charge on any atom is 0.161 e. The number of aliphatic hydroxyl groups is 1. The zero-order valence-electron chi connectivity index (χ0n) is 18.0. The van der Waals surface area contributed by atoms with Crippen molar-refractivity contribution < 1.29 is 9.90 Å². The average Bonchev–Trinajstić information content (AvgIpc) is 3.12. The standard InChI is InChI=1S/C24H34N2O2/c1-14-10-17-18(6-8-23(4)19(17)7-9-24(23,28)15(2)27)22(3)12-16-13-25-26(5)21(16)11-20(14)22/h11,13-14,17-19,28H,6-10,12H2,1-5H3/t14-,17+,18-,19-,22+,23-,24-/m0/s1. The third-order valence-corrected chi connectivity index (χ3v) is 9.72. The second-order valence-electron chi connectivity index (χ2n) is 10.8.